The fourth-order valence-electron chi connectivity index (χ4n) is 1.93. The molecule has 2 aromatic rings. The molecule has 0 unspecified atom stereocenters. The van der Waals surface area contributed by atoms with Crippen LogP contribution in [0.15, 0.2) is 42.5 Å². The van der Waals surface area contributed by atoms with Gasteiger partial charge in [-0.2, -0.15) is 0 Å². The maximum Gasteiger partial charge on any atom is 0.292 e. The highest BCUT2D eigenvalue weighted by Gasteiger charge is 2.14. The molecule has 0 saturated heterocycles. The Morgan fingerprint density at radius 3 is 2.52 bits per heavy atom. The van der Waals surface area contributed by atoms with Crippen molar-refractivity contribution in [2.24, 2.45) is 0 Å². The van der Waals surface area contributed by atoms with Crippen molar-refractivity contribution in [2.45, 2.75) is 6.61 Å². The third-order valence-corrected chi connectivity index (χ3v) is 2.99. The Hall–Kier alpha value is -2.76. The van der Waals surface area contributed by atoms with Gasteiger partial charge in [0, 0.05) is 13.1 Å². The van der Waals surface area contributed by atoms with Crippen molar-refractivity contribution in [3.05, 3.63) is 58.1 Å². The van der Waals surface area contributed by atoms with Crippen LogP contribution in [0, 0.1) is 10.1 Å². The summed E-state index contributed by atoms with van der Waals surface area (Å²) in [4.78, 5) is 10.6. The van der Waals surface area contributed by atoms with Crippen molar-refractivity contribution in [2.75, 3.05) is 19.5 Å². The van der Waals surface area contributed by atoms with Gasteiger partial charge in [-0.05, 0) is 23.8 Å². The van der Waals surface area contributed by atoms with E-state index in [0.29, 0.717) is 22.7 Å². The Labute approximate surface area is 122 Å². The van der Waals surface area contributed by atoms with Crippen molar-refractivity contribution in [1.82, 2.24) is 0 Å². The van der Waals surface area contributed by atoms with Gasteiger partial charge in [0.15, 0.2) is 11.5 Å². The van der Waals surface area contributed by atoms with Gasteiger partial charge < -0.3 is 14.8 Å². The number of anilines is 1. The number of nitrogens with zero attached hydrogens (tertiary/aromatic N) is 1. The highest BCUT2D eigenvalue weighted by molar-refractivity contribution is 5.62. The number of hydrogen-bond donors (Lipinski definition) is 1. The molecule has 2 rings (SSSR count). The maximum absolute atomic E-state index is 11.0. The van der Waals surface area contributed by atoms with Gasteiger partial charge in [0.25, 0.3) is 5.69 Å². The molecule has 0 atom stereocenters. The van der Waals surface area contributed by atoms with E-state index in [0.717, 1.165) is 0 Å². The van der Waals surface area contributed by atoms with Crippen LogP contribution in [0.1, 0.15) is 5.56 Å². The van der Waals surface area contributed by atoms with Gasteiger partial charge in [-0.1, -0.05) is 18.2 Å². The predicted octanol–water partition coefficient (Wildman–Crippen LogP) is 3.22. The highest BCUT2D eigenvalue weighted by Crippen LogP contribution is 2.28. The Balaban J connectivity index is 2.17. The summed E-state index contributed by atoms with van der Waals surface area (Å²) in [6.07, 6.45) is 0. The predicted molar refractivity (Wildman–Crippen MR) is 80.0 cm³/mol. The molecule has 0 bridgehead atoms. The zero-order chi connectivity index (χ0) is 15.2. The molecule has 0 aliphatic carbocycles. The molecule has 0 aromatic heterocycles. The molecular weight excluding hydrogens is 272 g/mol. The van der Waals surface area contributed by atoms with Crippen LogP contribution < -0.4 is 14.8 Å². The SMILES string of the molecule is CNc1ccc(COc2ccccc2OC)cc1[N+](=O)[O-]. The summed E-state index contributed by atoms with van der Waals surface area (Å²) in [5.41, 5.74) is 1.21. The molecule has 2 aromatic carbocycles. The van der Waals surface area contributed by atoms with Gasteiger partial charge in [-0.15, -0.1) is 0 Å². The Morgan fingerprint density at radius 1 is 1.19 bits per heavy atom. The second kappa shape index (κ2) is 6.60. The second-order valence-corrected chi connectivity index (χ2v) is 4.30. The fourth-order valence-corrected chi connectivity index (χ4v) is 1.93. The molecule has 0 aliphatic heterocycles. The van der Waals surface area contributed by atoms with Crippen molar-refractivity contribution >= 4 is 11.4 Å². The molecule has 0 spiro atoms. The molecule has 21 heavy (non-hydrogen) atoms. The molecule has 1 N–H and O–H groups in total. The van der Waals surface area contributed by atoms with E-state index in [2.05, 4.69) is 5.32 Å². The van der Waals surface area contributed by atoms with Crippen LogP contribution in [-0.2, 0) is 6.61 Å². The van der Waals surface area contributed by atoms with E-state index in [1.54, 1.807) is 38.4 Å². The van der Waals surface area contributed by atoms with E-state index in [1.807, 2.05) is 12.1 Å². The molecule has 110 valence electrons. The number of nitro groups is 1. The minimum Gasteiger partial charge on any atom is -0.493 e. The van der Waals surface area contributed by atoms with Crippen molar-refractivity contribution in [3.8, 4) is 11.5 Å². The number of rotatable bonds is 6. The summed E-state index contributed by atoms with van der Waals surface area (Å²) in [7, 11) is 3.21. The molecule has 0 aliphatic rings. The Kier molecular flexibility index (Phi) is 4.61. The van der Waals surface area contributed by atoms with Crippen molar-refractivity contribution < 1.29 is 14.4 Å². The minimum atomic E-state index is -0.418. The number of para-hydroxylation sites is 2. The summed E-state index contributed by atoms with van der Waals surface area (Å²) in [6, 6.07) is 12.2. The molecule has 6 heteroatoms. The molecule has 0 saturated carbocycles. The summed E-state index contributed by atoms with van der Waals surface area (Å²) < 4.78 is 10.8. The number of benzene rings is 2. The molecule has 0 heterocycles. The van der Waals surface area contributed by atoms with Crippen molar-refractivity contribution in [3.63, 3.8) is 0 Å². The first-order chi connectivity index (χ1) is 10.2. The zero-order valence-corrected chi connectivity index (χ0v) is 11.8. The monoisotopic (exact) mass is 288 g/mol. The normalized spacial score (nSPS) is 10.0. The molecular formula is C15H16N2O4. The van der Waals surface area contributed by atoms with Gasteiger partial charge in [0.1, 0.15) is 12.3 Å². The smallest absolute Gasteiger partial charge is 0.292 e. The van der Waals surface area contributed by atoms with Gasteiger partial charge in [0.05, 0.1) is 12.0 Å². The number of hydrogen-bond acceptors (Lipinski definition) is 5. The zero-order valence-electron chi connectivity index (χ0n) is 11.8. The highest BCUT2D eigenvalue weighted by atomic mass is 16.6. The number of methoxy groups -OCH3 is 1. The molecule has 0 fully saturated rings. The molecule has 0 radical (unpaired) electrons. The quantitative estimate of drug-likeness (QED) is 0.652. The summed E-state index contributed by atoms with van der Waals surface area (Å²) in [5.74, 6) is 1.22. The lowest BCUT2D eigenvalue weighted by molar-refractivity contribution is -0.384. The average Bonchev–Trinajstić information content (AvgIpc) is 2.52. The maximum atomic E-state index is 11.0. The summed E-state index contributed by atoms with van der Waals surface area (Å²) in [5, 5.41) is 13.8. The van der Waals surface area contributed by atoms with Crippen LogP contribution in [0.3, 0.4) is 0 Å². The first kappa shape index (κ1) is 14.6. The Bertz CT molecular complexity index is 643. The standard InChI is InChI=1S/C15H16N2O4/c1-16-12-8-7-11(9-13(12)17(18)19)10-21-15-6-4-3-5-14(15)20-2/h3-9,16H,10H2,1-2H3. The van der Waals surface area contributed by atoms with Gasteiger partial charge in [-0.3, -0.25) is 10.1 Å². The van der Waals surface area contributed by atoms with Crippen LogP contribution in [0.4, 0.5) is 11.4 Å². The van der Waals surface area contributed by atoms with Crippen LogP contribution in [-0.4, -0.2) is 19.1 Å². The molecule has 0 amide bonds. The van der Waals surface area contributed by atoms with Gasteiger partial charge in [-0.25, -0.2) is 0 Å². The van der Waals surface area contributed by atoms with E-state index in [9.17, 15) is 10.1 Å². The fraction of sp³-hybridized carbons (Fsp3) is 0.200. The van der Waals surface area contributed by atoms with E-state index >= 15 is 0 Å². The summed E-state index contributed by atoms with van der Waals surface area (Å²) in [6.45, 7) is 0.227. The first-order valence-corrected chi connectivity index (χ1v) is 6.36. The van der Waals surface area contributed by atoms with E-state index in [1.165, 1.54) is 6.07 Å². The van der Waals surface area contributed by atoms with Crippen LogP contribution >= 0.6 is 0 Å². The van der Waals surface area contributed by atoms with Crippen LogP contribution in [0.25, 0.3) is 0 Å². The largest absolute Gasteiger partial charge is 0.493 e. The summed E-state index contributed by atoms with van der Waals surface area (Å²) >= 11 is 0. The Morgan fingerprint density at radius 2 is 1.90 bits per heavy atom. The number of nitrogens with one attached hydrogen (secondary N) is 1. The van der Waals surface area contributed by atoms with Gasteiger partial charge in [0.2, 0.25) is 0 Å². The van der Waals surface area contributed by atoms with E-state index in [4.69, 9.17) is 9.47 Å². The number of ether oxygens (including phenoxy) is 2. The first-order valence-electron chi connectivity index (χ1n) is 6.36. The van der Waals surface area contributed by atoms with Gasteiger partial charge >= 0.3 is 0 Å². The van der Waals surface area contributed by atoms with E-state index in [-0.39, 0.29) is 12.3 Å². The third kappa shape index (κ3) is 3.42. The van der Waals surface area contributed by atoms with Crippen molar-refractivity contribution in [1.29, 1.82) is 0 Å². The lowest BCUT2D eigenvalue weighted by Gasteiger charge is -2.11. The van der Waals surface area contributed by atoms with E-state index < -0.39 is 4.92 Å². The minimum absolute atomic E-state index is 0.0265. The molecule has 6 nitrogen and oxygen atoms in total. The lowest BCUT2D eigenvalue weighted by Crippen LogP contribution is -2.01. The number of nitro benzene ring substituents is 1. The third-order valence-electron chi connectivity index (χ3n) is 2.99. The average molecular weight is 288 g/mol. The second-order valence-electron chi connectivity index (χ2n) is 4.30. The van der Waals surface area contributed by atoms with Crippen LogP contribution in [0.5, 0.6) is 11.5 Å². The van der Waals surface area contributed by atoms with Crippen LogP contribution in [0.2, 0.25) is 0 Å². The topological polar surface area (TPSA) is 73.6 Å². The lowest BCUT2D eigenvalue weighted by atomic mass is 10.2.